The molecule has 0 amide bonds. The topological polar surface area (TPSA) is 47.6 Å². The summed E-state index contributed by atoms with van der Waals surface area (Å²) in [6.45, 7) is 5.24. The second kappa shape index (κ2) is 8.54. The second-order valence-electron chi connectivity index (χ2n) is 5.59. The van der Waals surface area contributed by atoms with Crippen molar-refractivity contribution in [2.45, 2.75) is 70.4 Å². The van der Waals surface area contributed by atoms with Crippen LogP contribution in [0, 0.1) is 0 Å². The zero-order chi connectivity index (χ0) is 14.1. The van der Waals surface area contributed by atoms with E-state index in [4.69, 9.17) is 9.47 Å². The molecule has 0 heterocycles. The Balaban J connectivity index is 2.36. The van der Waals surface area contributed by atoms with Gasteiger partial charge in [0.25, 0.3) is 0 Å². The van der Waals surface area contributed by atoms with E-state index in [0.29, 0.717) is 19.1 Å². The van der Waals surface area contributed by atoms with Crippen LogP contribution in [0.1, 0.15) is 58.8 Å². The molecule has 4 nitrogen and oxygen atoms in total. The van der Waals surface area contributed by atoms with Gasteiger partial charge in [0.05, 0.1) is 13.2 Å². The summed E-state index contributed by atoms with van der Waals surface area (Å²) in [5.74, 6) is -0.209. The van der Waals surface area contributed by atoms with E-state index < -0.39 is 5.54 Å². The minimum absolute atomic E-state index is 0.209. The van der Waals surface area contributed by atoms with Crippen LogP contribution in [0.5, 0.6) is 0 Å². The van der Waals surface area contributed by atoms with Crippen LogP contribution in [-0.4, -0.2) is 37.9 Å². The molecular formula is C15H29NO3. The van der Waals surface area contributed by atoms with E-state index in [2.05, 4.69) is 5.32 Å². The molecule has 0 saturated heterocycles. The molecule has 0 aromatic carbocycles. The smallest absolute Gasteiger partial charge is 0.325 e. The van der Waals surface area contributed by atoms with Gasteiger partial charge in [0.1, 0.15) is 5.54 Å². The quantitative estimate of drug-likeness (QED) is 0.571. The molecule has 0 aliphatic heterocycles. The Bertz CT molecular complexity index is 262. The number of hydrogen-bond donors (Lipinski definition) is 1. The summed E-state index contributed by atoms with van der Waals surface area (Å²) in [6.07, 6.45) is 8.56. The van der Waals surface area contributed by atoms with Crippen molar-refractivity contribution in [1.82, 2.24) is 5.32 Å². The van der Waals surface area contributed by atoms with Crippen molar-refractivity contribution in [3.63, 3.8) is 0 Å². The number of likely N-dealkylation sites (N-methyl/N-ethyl adjacent to an activating group) is 1. The number of carbonyl (C=O) groups excluding carboxylic acids is 1. The third-order valence-electron chi connectivity index (χ3n) is 3.96. The predicted octanol–water partition coefficient (Wildman–Crippen LogP) is 2.66. The van der Waals surface area contributed by atoms with Crippen LogP contribution < -0.4 is 5.32 Å². The van der Waals surface area contributed by atoms with Gasteiger partial charge >= 0.3 is 5.97 Å². The fraction of sp³-hybridized carbons (Fsp3) is 0.933. The molecule has 112 valence electrons. The fourth-order valence-electron chi connectivity index (χ4n) is 2.72. The average molecular weight is 271 g/mol. The summed E-state index contributed by atoms with van der Waals surface area (Å²) < 4.78 is 10.8. The third-order valence-corrected chi connectivity index (χ3v) is 3.96. The number of rotatable bonds is 7. The van der Waals surface area contributed by atoms with Gasteiger partial charge in [0, 0.05) is 6.61 Å². The molecule has 1 aliphatic rings. The van der Waals surface area contributed by atoms with Gasteiger partial charge in [0.15, 0.2) is 0 Å². The Labute approximate surface area is 117 Å². The minimum atomic E-state index is -0.631. The molecule has 0 radical (unpaired) electrons. The van der Waals surface area contributed by atoms with Gasteiger partial charge in [-0.15, -0.1) is 0 Å². The van der Waals surface area contributed by atoms with Crippen LogP contribution >= 0.6 is 0 Å². The molecule has 1 N–H and O–H groups in total. The Morgan fingerprint density at radius 1 is 1.26 bits per heavy atom. The van der Waals surface area contributed by atoms with Crippen molar-refractivity contribution in [2.75, 3.05) is 20.3 Å². The molecule has 4 heteroatoms. The Hall–Kier alpha value is -0.610. The van der Waals surface area contributed by atoms with Crippen molar-refractivity contribution in [1.29, 1.82) is 0 Å². The number of methoxy groups -OCH3 is 1. The third kappa shape index (κ3) is 5.49. The lowest BCUT2D eigenvalue weighted by Gasteiger charge is -2.28. The number of hydrogen-bond acceptors (Lipinski definition) is 4. The maximum Gasteiger partial charge on any atom is 0.325 e. The molecule has 1 aliphatic carbocycles. The first kappa shape index (κ1) is 16.4. The Morgan fingerprint density at radius 3 is 2.42 bits per heavy atom. The first-order chi connectivity index (χ1) is 9.12. The van der Waals surface area contributed by atoms with Crippen LogP contribution in [-0.2, 0) is 14.3 Å². The highest BCUT2D eigenvalue weighted by Crippen LogP contribution is 2.21. The van der Waals surface area contributed by atoms with Gasteiger partial charge in [-0.2, -0.15) is 0 Å². The summed E-state index contributed by atoms with van der Waals surface area (Å²) in [6, 6.07) is 0. The van der Waals surface area contributed by atoms with Gasteiger partial charge in [0.2, 0.25) is 0 Å². The normalized spacial score (nSPS) is 20.6. The van der Waals surface area contributed by atoms with Gasteiger partial charge < -0.3 is 14.8 Å². The van der Waals surface area contributed by atoms with Crippen LogP contribution in [0.25, 0.3) is 0 Å². The highest BCUT2D eigenvalue weighted by molar-refractivity contribution is 5.80. The van der Waals surface area contributed by atoms with E-state index in [1.54, 1.807) is 0 Å². The van der Waals surface area contributed by atoms with Crippen molar-refractivity contribution in [2.24, 2.45) is 0 Å². The van der Waals surface area contributed by atoms with Crippen molar-refractivity contribution in [3.05, 3.63) is 0 Å². The van der Waals surface area contributed by atoms with E-state index in [0.717, 1.165) is 19.4 Å². The lowest BCUT2D eigenvalue weighted by Crippen LogP contribution is -2.51. The van der Waals surface area contributed by atoms with E-state index in [-0.39, 0.29) is 5.97 Å². The molecule has 1 unspecified atom stereocenters. The number of esters is 1. The highest BCUT2D eigenvalue weighted by Gasteiger charge is 2.33. The number of carbonyl (C=O) groups is 1. The van der Waals surface area contributed by atoms with Crippen LogP contribution in [0.2, 0.25) is 0 Å². The first-order valence-electron chi connectivity index (χ1n) is 7.57. The van der Waals surface area contributed by atoms with Crippen molar-refractivity contribution >= 4 is 5.97 Å². The van der Waals surface area contributed by atoms with Crippen LogP contribution in [0.3, 0.4) is 0 Å². The standard InChI is InChI=1S/C15H29NO3/c1-4-16-15(2,14(17)18-3)11-12-19-13-9-7-5-6-8-10-13/h13,16H,4-12H2,1-3H3. The predicted molar refractivity (Wildman–Crippen MR) is 76.2 cm³/mol. The Morgan fingerprint density at radius 2 is 1.89 bits per heavy atom. The monoisotopic (exact) mass is 271 g/mol. The zero-order valence-corrected chi connectivity index (χ0v) is 12.7. The fourth-order valence-corrected chi connectivity index (χ4v) is 2.72. The molecule has 19 heavy (non-hydrogen) atoms. The van der Waals surface area contributed by atoms with Gasteiger partial charge in [-0.3, -0.25) is 4.79 Å². The number of nitrogens with one attached hydrogen (secondary N) is 1. The summed E-state index contributed by atoms with van der Waals surface area (Å²) in [5, 5.41) is 3.21. The Kier molecular flexibility index (Phi) is 7.39. The van der Waals surface area contributed by atoms with Crippen LogP contribution in [0.4, 0.5) is 0 Å². The summed E-state index contributed by atoms with van der Waals surface area (Å²) in [7, 11) is 1.43. The van der Waals surface area contributed by atoms with E-state index >= 15 is 0 Å². The minimum Gasteiger partial charge on any atom is -0.468 e. The molecule has 0 bridgehead atoms. The SMILES string of the molecule is CCNC(C)(CCOC1CCCCCC1)C(=O)OC. The summed E-state index contributed by atoms with van der Waals surface area (Å²) in [5.41, 5.74) is -0.631. The van der Waals surface area contributed by atoms with E-state index in [1.165, 1.54) is 32.8 Å². The van der Waals surface area contributed by atoms with Crippen LogP contribution in [0.15, 0.2) is 0 Å². The highest BCUT2D eigenvalue weighted by atomic mass is 16.5. The molecule has 1 rings (SSSR count). The van der Waals surface area contributed by atoms with Crippen molar-refractivity contribution in [3.8, 4) is 0 Å². The van der Waals surface area contributed by atoms with Gasteiger partial charge in [-0.05, 0) is 32.7 Å². The second-order valence-corrected chi connectivity index (χ2v) is 5.59. The molecule has 0 aromatic rings. The van der Waals surface area contributed by atoms with Gasteiger partial charge in [-0.1, -0.05) is 32.6 Å². The van der Waals surface area contributed by atoms with Gasteiger partial charge in [-0.25, -0.2) is 0 Å². The first-order valence-corrected chi connectivity index (χ1v) is 7.57. The van der Waals surface area contributed by atoms with E-state index in [9.17, 15) is 4.79 Å². The lowest BCUT2D eigenvalue weighted by atomic mass is 9.98. The molecule has 1 atom stereocenters. The molecule has 1 saturated carbocycles. The zero-order valence-electron chi connectivity index (χ0n) is 12.7. The lowest BCUT2D eigenvalue weighted by molar-refractivity contribution is -0.149. The largest absolute Gasteiger partial charge is 0.468 e. The number of ether oxygens (including phenoxy) is 2. The van der Waals surface area contributed by atoms with E-state index in [1.807, 2.05) is 13.8 Å². The molecular weight excluding hydrogens is 242 g/mol. The maximum absolute atomic E-state index is 11.8. The molecule has 1 fully saturated rings. The summed E-state index contributed by atoms with van der Waals surface area (Å²) >= 11 is 0. The summed E-state index contributed by atoms with van der Waals surface area (Å²) in [4.78, 5) is 11.8. The average Bonchev–Trinajstić information content (AvgIpc) is 2.67. The maximum atomic E-state index is 11.8. The molecule has 0 spiro atoms. The van der Waals surface area contributed by atoms with Crippen molar-refractivity contribution < 1.29 is 14.3 Å². The molecule has 0 aromatic heterocycles.